The van der Waals surface area contributed by atoms with E-state index in [4.69, 9.17) is 9.72 Å². The van der Waals surface area contributed by atoms with Crippen LogP contribution in [0.5, 0.6) is 0 Å². The van der Waals surface area contributed by atoms with Gasteiger partial charge in [0.05, 0.1) is 13.2 Å². The quantitative estimate of drug-likeness (QED) is 0.851. The number of morpholine rings is 1. The zero-order chi connectivity index (χ0) is 20.2. The Hall–Kier alpha value is -2.94. The van der Waals surface area contributed by atoms with Gasteiger partial charge in [0.2, 0.25) is 5.95 Å². The van der Waals surface area contributed by atoms with Gasteiger partial charge in [0.1, 0.15) is 11.6 Å². The molecule has 2 saturated heterocycles. The van der Waals surface area contributed by atoms with Gasteiger partial charge in [-0.3, -0.25) is 0 Å². The van der Waals surface area contributed by atoms with Crippen LogP contribution in [0.3, 0.4) is 0 Å². The summed E-state index contributed by atoms with van der Waals surface area (Å²) >= 11 is 0. The van der Waals surface area contributed by atoms with Gasteiger partial charge in [-0.1, -0.05) is 6.07 Å². The summed E-state index contributed by atoms with van der Waals surface area (Å²) in [4.78, 5) is 27.6. The normalized spacial score (nSPS) is 17.4. The molecular weight excluding hydrogens is 375 g/mol. The predicted molar refractivity (Wildman–Crippen MR) is 109 cm³/mol. The number of aryl methyl sites for hydroxylation is 1. The van der Waals surface area contributed by atoms with E-state index in [9.17, 15) is 9.18 Å². The van der Waals surface area contributed by atoms with E-state index < -0.39 is 0 Å². The Kier molecular flexibility index (Phi) is 5.75. The minimum atomic E-state index is -0.326. The second-order valence-corrected chi connectivity index (χ2v) is 7.18. The standard InChI is InChI=1S/C20H25FN6O2/c1-15-2-3-16(14-17(15)21)23-20(28)27-8-6-25(7-9-27)18-4-5-22-19(24-18)26-10-12-29-13-11-26/h2-5,14H,6-13H2,1H3,(H,23,28). The topological polar surface area (TPSA) is 73.8 Å². The molecule has 0 spiro atoms. The van der Waals surface area contributed by atoms with Gasteiger partial charge in [-0.05, 0) is 30.7 Å². The first-order valence-corrected chi connectivity index (χ1v) is 9.83. The summed E-state index contributed by atoms with van der Waals surface area (Å²) in [5, 5.41) is 2.77. The molecule has 9 heteroatoms. The summed E-state index contributed by atoms with van der Waals surface area (Å²) in [6.07, 6.45) is 1.78. The lowest BCUT2D eigenvalue weighted by molar-refractivity contribution is 0.122. The Morgan fingerprint density at radius 2 is 1.83 bits per heavy atom. The first-order valence-electron chi connectivity index (χ1n) is 9.83. The molecular formula is C20H25FN6O2. The molecule has 1 N–H and O–H groups in total. The molecule has 0 aliphatic carbocycles. The average Bonchev–Trinajstić information content (AvgIpc) is 2.77. The fourth-order valence-corrected chi connectivity index (χ4v) is 3.44. The molecule has 0 saturated carbocycles. The summed E-state index contributed by atoms with van der Waals surface area (Å²) in [5.41, 5.74) is 1.02. The molecule has 2 aromatic rings. The van der Waals surface area contributed by atoms with Crippen molar-refractivity contribution >= 4 is 23.5 Å². The smallest absolute Gasteiger partial charge is 0.321 e. The molecule has 2 aliphatic heterocycles. The van der Waals surface area contributed by atoms with Gasteiger partial charge in [-0.2, -0.15) is 4.98 Å². The van der Waals surface area contributed by atoms with Crippen molar-refractivity contribution in [2.75, 3.05) is 67.6 Å². The van der Waals surface area contributed by atoms with E-state index in [0.717, 1.165) is 18.9 Å². The number of benzene rings is 1. The summed E-state index contributed by atoms with van der Waals surface area (Å²) in [7, 11) is 0. The molecule has 0 bridgehead atoms. The number of carbonyl (C=O) groups excluding carboxylic acids is 1. The second-order valence-electron chi connectivity index (χ2n) is 7.18. The Balaban J connectivity index is 1.34. The van der Waals surface area contributed by atoms with Crippen LogP contribution in [0.25, 0.3) is 0 Å². The van der Waals surface area contributed by atoms with Crippen molar-refractivity contribution in [3.63, 3.8) is 0 Å². The number of hydrogen-bond acceptors (Lipinski definition) is 6. The molecule has 1 aromatic carbocycles. The zero-order valence-corrected chi connectivity index (χ0v) is 16.5. The third-order valence-electron chi connectivity index (χ3n) is 5.24. The highest BCUT2D eigenvalue weighted by atomic mass is 19.1. The van der Waals surface area contributed by atoms with Gasteiger partial charge in [0.25, 0.3) is 0 Å². The molecule has 2 amide bonds. The molecule has 4 rings (SSSR count). The van der Waals surface area contributed by atoms with Crippen molar-refractivity contribution in [2.45, 2.75) is 6.92 Å². The number of rotatable bonds is 3. The van der Waals surface area contributed by atoms with E-state index in [1.165, 1.54) is 6.07 Å². The monoisotopic (exact) mass is 400 g/mol. The van der Waals surface area contributed by atoms with E-state index in [1.807, 2.05) is 6.07 Å². The number of urea groups is 1. The number of anilines is 3. The molecule has 29 heavy (non-hydrogen) atoms. The van der Waals surface area contributed by atoms with E-state index in [0.29, 0.717) is 56.6 Å². The third kappa shape index (κ3) is 4.56. The Labute approximate surface area is 169 Å². The number of amides is 2. The van der Waals surface area contributed by atoms with Gasteiger partial charge in [-0.15, -0.1) is 0 Å². The lowest BCUT2D eigenvalue weighted by atomic mass is 10.2. The second kappa shape index (κ2) is 8.60. The number of nitrogens with one attached hydrogen (secondary N) is 1. The number of aromatic nitrogens is 2. The van der Waals surface area contributed by atoms with Gasteiger partial charge in [0, 0.05) is 51.2 Å². The lowest BCUT2D eigenvalue weighted by Gasteiger charge is -2.35. The Bertz CT molecular complexity index is 866. The van der Waals surface area contributed by atoms with Gasteiger partial charge in [0.15, 0.2) is 0 Å². The summed E-state index contributed by atoms with van der Waals surface area (Å²) in [6.45, 7) is 7.13. The minimum absolute atomic E-state index is 0.218. The molecule has 8 nitrogen and oxygen atoms in total. The molecule has 0 atom stereocenters. The van der Waals surface area contributed by atoms with Crippen molar-refractivity contribution in [3.05, 3.63) is 41.8 Å². The van der Waals surface area contributed by atoms with Crippen LogP contribution < -0.4 is 15.1 Å². The fourth-order valence-electron chi connectivity index (χ4n) is 3.44. The average molecular weight is 400 g/mol. The van der Waals surface area contributed by atoms with Crippen LogP contribution in [-0.4, -0.2) is 73.4 Å². The predicted octanol–water partition coefficient (Wildman–Crippen LogP) is 2.11. The minimum Gasteiger partial charge on any atom is -0.378 e. The maximum atomic E-state index is 13.7. The summed E-state index contributed by atoms with van der Waals surface area (Å²) in [5.74, 6) is 1.25. The molecule has 154 valence electrons. The molecule has 2 aliphatic rings. The highest BCUT2D eigenvalue weighted by Crippen LogP contribution is 2.19. The third-order valence-corrected chi connectivity index (χ3v) is 5.24. The first kappa shape index (κ1) is 19.4. The van der Waals surface area contributed by atoms with E-state index >= 15 is 0 Å². The number of carbonyl (C=O) groups is 1. The van der Waals surface area contributed by atoms with Crippen molar-refractivity contribution in [1.29, 1.82) is 0 Å². The Morgan fingerprint density at radius 3 is 2.55 bits per heavy atom. The van der Waals surface area contributed by atoms with Gasteiger partial charge >= 0.3 is 6.03 Å². The van der Waals surface area contributed by atoms with E-state index in [1.54, 1.807) is 30.2 Å². The van der Waals surface area contributed by atoms with Crippen molar-refractivity contribution < 1.29 is 13.9 Å². The largest absolute Gasteiger partial charge is 0.378 e. The van der Waals surface area contributed by atoms with E-state index in [-0.39, 0.29) is 11.8 Å². The fraction of sp³-hybridized carbons (Fsp3) is 0.450. The molecule has 3 heterocycles. The number of piperazine rings is 1. The van der Waals surface area contributed by atoms with Crippen LogP contribution in [0.15, 0.2) is 30.5 Å². The molecule has 2 fully saturated rings. The number of halogens is 1. The van der Waals surface area contributed by atoms with Crippen LogP contribution in [0.4, 0.5) is 26.6 Å². The maximum Gasteiger partial charge on any atom is 0.321 e. The van der Waals surface area contributed by atoms with Crippen molar-refractivity contribution in [3.8, 4) is 0 Å². The van der Waals surface area contributed by atoms with Gasteiger partial charge in [-0.25, -0.2) is 14.2 Å². The number of hydrogen-bond donors (Lipinski definition) is 1. The summed E-state index contributed by atoms with van der Waals surface area (Å²) in [6, 6.07) is 6.39. The van der Waals surface area contributed by atoms with Gasteiger partial charge < -0.3 is 24.8 Å². The number of ether oxygens (including phenoxy) is 1. The first-order chi connectivity index (χ1) is 14.1. The van der Waals surface area contributed by atoms with Crippen LogP contribution in [-0.2, 0) is 4.74 Å². The highest BCUT2D eigenvalue weighted by molar-refractivity contribution is 5.89. The lowest BCUT2D eigenvalue weighted by Crippen LogP contribution is -2.50. The highest BCUT2D eigenvalue weighted by Gasteiger charge is 2.23. The number of nitrogens with zero attached hydrogens (tertiary/aromatic N) is 5. The van der Waals surface area contributed by atoms with Crippen molar-refractivity contribution in [2.24, 2.45) is 0 Å². The summed E-state index contributed by atoms with van der Waals surface area (Å²) < 4.78 is 19.1. The van der Waals surface area contributed by atoms with Crippen molar-refractivity contribution in [1.82, 2.24) is 14.9 Å². The molecule has 0 unspecified atom stereocenters. The van der Waals surface area contributed by atoms with Crippen LogP contribution in [0.1, 0.15) is 5.56 Å². The molecule has 1 aromatic heterocycles. The maximum absolute atomic E-state index is 13.7. The Morgan fingerprint density at radius 1 is 1.07 bits per heavy atom. The zero-order valence-electron chi connectivity index (χ0n) is 16.5. The SMILES string of the molecule is Cc1ccc(NC(=O)N2CCN(c3ccnc(N4CCOCC4)n3)CC2)cc1F. The van der Waals surface area contributed by atoms with E-state index in [2.05, 4.69) is 20.1 Å². The van der Waals surface area contributed by atoms with Crippen LogP contribution >= 0.6 is 0 Å². The van der Waals surface area contributed by atoms with Crippen LogP contribution in [0, 0.1) is 12.7 Å². The molecule has 0 radical (unpaired) electrons. The van der Waals surface area contributed by atoms with Crippen LogP contribution in [0.2, 0.25) is 0 Å².